The fraction of sp³-hybridized carbons (Fsp3) is 1.00. The van der Waals surface area contributed by atoms with Crippen LogP contribution in [0, 0.1) is 5.41 Å². The number of hydrogen-bond acceptors (Lipinski definition) is 2. The molecule has 0 unspecified atom stereocenters. The fourth-order valence-corrected chi connectivity index (χ4v) is 2.51. The van der Waals surface area contributed by atoms with Crippen molar-refractivity contribution >= 4 is 0 Å². The molecule has 90 valence electrons. The highest BCUT2D eigenvalue weighted by atomic mass is 15.1. The first-order valence-corrected chi connectivity index (χ1v) is 6.54. The van der Waals surface area contributed by atoms with Gasteiger partial charge in [-0.3, -0.25) is 0 Å². The molecule has 0 aromatic rings. The second kappa shape index (κ2) is 5.86. The highest BCUT2D eigenvalue weighted by Crippen LogP contribution is 2.25. The van der Waals surface area contributed by atoms with E-state index in [1.165, 1.54) is 45.3 Å². The molecule has 2 heteroatoms. The van der Waals surface area contributed by atoms with Crippen LogP contribution in [0.4, 0.5) is 0 Å². The Morgan fingerprint density at radius 1 is 1.20 bits per heavy atom. The lowest BCUT2D eigenvalue weighted by Crippen LogP contribution is -2.47. The average molecular weight is 212 g/mol. The Morgan fingerprint density at radius 2 is 1.80 bits per heavy atom. The lowest BCUT2D eigenvalue weighted by Gasteiger charge is -2.38. The average Bonchev–Trinajstić information content (AvgIpc) is 2.19. The first-order valence-electron chi connectivity index (χ1n) is 6.54. The van der Waals surface area contributed by atoms with Crippen LogP contribution in [0.5, 0.6) is 0 Å². The molecule has 0 aromatic heterocycles. The van der Waals surface area contributed by atoms with Crippen molar-refractivity contribution in [2.24, 2.45) is 11.1 Å². The molecule has 15 heavy (non-hydrogen) atoms. The smallest absolute Gasteiger partial charge is 0.0102 e. The van der Waals surface area contributed by atoms with Crippen LogP contribution in [0.25, 0.3) is 0 Å². The van der Waals surface area contributed by atoms with Gasteiger partial charge in [-0.25, -0.2) is 0 Å². The maximum absolute atomic E-state index is 6.25. The monoisotopic (exact) mass is 212 g/mol. The van der Waals surface area contributed by atoms with Crippen LogP contribution in [-0.2, 0) is 0 Å². The second-order valence-electron chi connectivity index (χ2n) is 5.72. The standard InChI is InChI=1S/C13H28N2/c1-4-8-12(14)13(2,3)11-15-9-6-5-7-10-15/h12H,4-11,14H2,1-3H3/t12-/m1/s1. The molecule has 0 radical (unpaired) electrons. The predicted octanol–water partition coefficient (Wildman–Crippen LogP) is 2.63. The van der Waals surface area contributed by atoms with Crippen molar-refractivity contribution in [1.29, 1.82) is 0 Å². The number of nitrogens with two attached hydrogens (primary N) is 1. The summed E-state index contributed by atoms with van der Waals surface area (Å²) in [4.78, 5) is 2.60. The van der Waals surface area contributed by atoms with Gasteiger partial charge in [-0.15, -0.1) is 0 Å². The summed E-state index contributed by atoms with van der Waals surface area (Å²) < 4.78 is 0. The number of nitrogens with zero attached hydrogens (tertiary/aromatic N) is 1. The molecule has 1 fully saturated rings. The topological polar surface area (TPSA) is 29.3 Å². The van der Waals surface area contributed by atoms with Crippen molar-refractivity contribution in [2.45, 2.75) is 58.9 Å². The summed E-state index contributed by atoms with van der Waals surface area (Å²) in [6, 6.07) is 0.351. The summed E-state index contributed by atoms with van der Waals surface area (Å²) in [5.41, 5.74) is 6.52. The van der Waals surface area contributed by atoms with E-state index in [-0.39, 0.29) is 5.41 Å². The van der Waals surface area contributed by atoms with Gasteiger partial charge in [0, 0.05) is 12.6 Å². The van der Waals surface area contributed by atoms with Crippen molar-refractivity contribution in [1.82, 2.24) is 4.90 Å². The highest BCUT2D eigenvalue weighted by molar-refractivity contribution is 4.85. The Balaban J connectivity index is 2.39. The van der Waals surface area contributed by atoms with Crippen LogP contribution in [0.15, 0.2) is 0 Å². The first-order chi connectivity index (χ1) is 7.06. The SMILES string of the molecule is CCC[C@@H](N)C(C)(C)CN1CCCCC1. The highest BCUT2D eigenvalue weighted by Gasteiger charge is 2.28. The molecule has 0 amide bonds. The third-order valence-corrected chi connectivity index (χ3v) is 3.68. The molecule has 0 spiro atoms. The van der Waals surface area contributed by atoms with E-state index < -0.39 is 0 Å². The largest absolute Gasteiger partial charge is 0.327 e. The summed E-state index contributed by atoms with van der Waals surface area (Å²) in [6.45, 7) is 10.6. The number of hydrogen-bond donors (Lipinski definition) is 1. The Kier molecular flexibility index (Phi) is 5.07. The van der Waals surface area contributed by atoms with Crippen LogP contribution in [-0.4, -0.2) is 30.6 Å². The predicted molar refractivity (Wildman–Crippen MR) is 67.0 cm³/mol. The van der Waals surface area contributed by atoms with E-state index >= 15 is 0 Å². The number of piperidine rings is 1. The number of likely N-dealkylation sites (tertiary alicyclic amines) is 1. The van der Waals surface area contributed by atoms with Crippen LogP contribution in [0.3, 0.4) is 0 Å². The van der Waals surface area contributed by atoms with E-state index in [0.717, 1.165) is 6.42 Å². The summed E-state index contributed by atoms with van der Waals surface area (Å²) in [6.07, 6.45) is 6.52. The second-order valence-corrected chi connectivity index (χ2v) is 5.72. The molecule has 2 nitrogen and oxygen atoms in total. The molecule has 1 atom stereocenters. The summed E-state index contributed by atoms with van der Waals surface area (Å²) in [5.74, 6) is 0. The van der Waals surface area contributed by atoms with Crippen molar-refractivity contribution in [3.8, 4) is 0 Å². The van der Waals surface area contributed by atoms with Gasteiger partial charge in [0.2, 0.25) is 0 Å². The first kappa shape index (κ1) is 13.0. The Labute approximate surface area is 95.2 Å². The van der Waals surface area contributed by atoms with E-state index in [2.05, 4.69) is 25.7 Å². The minimum Gasteiger partial charge on any atom is -0.327 e. The Bertz CT molecular complexity index is 171. The van der Waals surface area contributed by atoms with Crippen LogP contribution in [0.1, 0.15) is 52.9 Å². The third kappa shape index (κ3) is 4.12. The Morgan fingerprint density at radius 3 is 2.33 bits per heavy atom. The maximum atomic E-state index is 6.25. The van der Waals surface area contributed by atoms with Gasteiger partial charge in [0.25, 0.3) is 0 Å². The van der Waals surface area contributed by atoms with E-state index in [1.54, 1.807) is 0 Å². The maximum Gasteiger partial charge on any atom is 0.0102 e. The van der Waals surface area contributed by atoms with Crippen molar-refractivity contribution < 1.29 is 0 Å². The zero-order chi connectivity index (χ0) is 11.3. The lowest BCUT2D eigenvalue weighted by atomic mass is 9.81. The van der Waals surface area contributed by atoms with Gasteiger partial charge in [0.1, 0.15) is 0 Å². The molecule has 0 aliphatic carbocycles. The lowest BCUT2D eigenvalue weighted by molar-refractivity contribution is 0.129. The van der Waals surface area contributed by atoms with Gasteiger partial charge < -0.3 is 10.6 Å². The third-order valence-electron chi connectivity index (χ3n) is 3.68. The normalized spacial score (nSPS) is 21.6. The molecular weight excluding hydrogens is 184 g/mol. The van der Waals surface area contributed by atoms with Crippen LogP contribution >= 0.6 is 0 Å². The molecule has 0 bridgehead atoms. The van der Waals surface area contributed by atoms with Crippen molar-refractivity contribution in [3.63, 3.8) is 0 Å². The summed E-state index contributed by atoms with van der Waals surface area (Å²) in [7, 11) is 0. The molecule has 0 aromatic carbocycles. The van der Waals surface area contributed by atoms with E-state index in [1.807, 2.05) is 0 Å². The molecule has 2 N–H and O–H groups in total. The van der Waals surface area contributed by atoms with Gasteiger partial charge >= 0.3 is 0 Å². The molecule has 1 aliphatic heterocycles. The summed E-state index contributed by atoms with van der Waals surface area (Å²) in [5, 5.41) is 0. The Hall–Kier alpha value is -0.0800. The molecule has 1 rings (SSSR count). The van der Waals surface area contributed by atoms with E-state index in [4.69, 9.17) is 5.73 Å². The van der Waals surface area contributed by atoms with Gasteiger partial charge in [-0.1, -0.05) is 33.6 Å². The van der Waals surface area contributed by atoms with E-state index in [9.17, 15) is 0 Å². The quantitative estimate of drug-likeness (QED) is 0.759. The fourth-order valence-electron chi connectivity index (χ4n) is 2.51. The molecule has 1 saturated heterocycles. The zero-order valence-corrected chi connectivity index (χ0v) is 10.8. The number of rotatable bonds is 5. The van der Waals surface area contributed by atoms with Crippen LogP contribution < -0.4 is 5.73 Å². The van der Waals surface area contributed by atoms with Crippen molar-refractivity contribution in [3.05, 3.63) is 0 Å². The van der Waals surface area contributed by atoms with Gasteiger partial charge in [-0.05, 0) is 37.8 Å². The molecular formula is C13H28N2. The van der Waals surface area contributed by atoms with Gasteiger partial charge in [0.15, 0.2) is 0 Å². The minimum absolute atomic E-state index is 0.271. The molecule has 1 aliphatic rings. The minimum atomic E-state index is 0.271. The van der Waals surface area contributed by atoms with Gasteiger partial charge in [-0.2, -0.15) is 0 Å². The molecule has 1 heterocycles. The van der Waals surface area contributed by atoms with Crippen molar-refractivity contribution in [2.75, 3.05) is 19.6 Å². The molecule has 0 saturated carbocycles. The van der Waals surface area contributed by atoms with E-state index in [0.29, 0.717) is 6.04 Å². The summed E-state index contributed by atoms with van der Waals surface area (Å²) >= 11 is 0. The van der Waals surface area contributed by atoms with Crippen LogP contribution in [0.2, 0.25) is 0 Å². The zero-order valence-electron chi connectivity index (χ0n) is 10.8. The van der Waals surface area contributed by atoms with Gasteiger partial charge in [0.05, 0.1) is 0 Å².